The first-order valence-corrected chi connectivity index (χ1v) is 10.3. The van der Waals surface area contributed by atoms with Crippen molar-refractivity contribution in [3.63, 3.8) is 0 Å². The predicted octanol–water partition coefficient (Wildman–Crippen LogP) is 0.269. The minimum absolute atomic E-state index is 0. The van der Waals surface area contributed by atoms with Crippen LogP contribution in [-0.2, 0) is 14.6 Å². The SMILES string of the molecule is CCNC(=NCCN1CCS(=O)(=O)CC1)N(C)CC1CCOC1.I. The van der Waals surface area contributed by atoms with Gasteiger partial charge < -0.3 is 15.0 Å². The summed E-state index contributed by atoms with van der Waals surface area (Å²) in [7, 11) is -0.740. The van der Waals surface area contributed by atoms with E-state index in [4.69, 9.17) is 4.74 Å². The van der Waals surface area contributed by atoms with Crippen LogP contribution in [0, 0.1) is 5.92 Å². The summed E-state index contributed by atoms with van der Waals surface area (Å²) in [5.41, 5.74) is 0. The molecule has 0 aromatic rings. The first-order valence-electron chi connectivity index (χ1n) is 8.50. The molecular formula is C15H31IN4O3S. The van der Waals surface area contributed by atoms with E-state index in [0.29, 0.717) is 25.6 Å². The van der Waals surface area contributed by atoms with E-state index in [1.807, 2.05) is 0 Å². The molecule has 24 heavy (non-hydrogen) atoms. The van der Waals surface area contributed by atoms with Gasteiger partial charge in [0.1, 0.15) is 0 Å². The number of nitrogens with zero attached hydrogens (tertiary/aromatic N) is 3. The predicted molar refractivity (Wildman–Crippen MR) is 108 cm³/mol. The molecule has 2 aliphatic rings. The first-order chi connectivity index (χ1) is 11.0. The maximum absolute atomic E-state index is 11.4. The zero-order valence-corrected chi connectivity index (χ0v) is 17.9. The lowest BCUT2D eigenvalue weighted by molar-refractivity contribution is 0.181. The van der Waals surface area contributed by atoms with Gasteiger partial charge in [-0.25, -0.2) is 8.42 Å². The fraction of sp³-hybridized carbons (Fsp3) is 0.933. The van der Waals surface area contributed by atoms with Crippen LogP contribution in [0.4, 0.5) is 0 Å². The molecule has 0 bridgehead atoms. The zero-order chi connectivity index (χ0) is 16.7. The topological polar surface area (TPSA) is 74.2 Å². The number of ether oxygens (including phenoxy) is 1. The Morgan fingerprint density at radius 1 is 1.38 bits per heavy atom. The molecule has 0 amide bonds. The molecule has 9 heteroatoms. The maximum atomic E-state index is 11.4. The summed E-state index contributed by atoms with van der Waals surface area (Å²) in [5.74, 6) is 2.05. The van der Waals surface area contributed by atoms with Gasteiger partial charge >= 0.3 is 0 Å². The normalized spacial score (nSPS) is 24.4. The van der Waals surface area contributed by atoms with Crippen molar-refractivity contribution in [2.24, 2.45) is 10.9 Å². The number of guanidine groups is 1. The van der Waals surface area contributed by atoms with E-state index in [1.165, 1.54) is 0 Å². The smallest absolute Gasteiger partial charge is 0.193 e. The molecule has 0 saturated carbocycles. The molecule has 2 heterocycles. The van der Waals surface area contributed by atoms with Gasteiger partial charge in [-0.05, 0) is 13.3 Å². The highest BCUT2D eigenvalue weighted by Crippen LogP contribution is 2.13. The van der Waals surface area contributed by atoms with Crippen LogP contribution in [0.5, 0.6) is 0 Å². The van der Waals surface area contributed by atoms with Gasteiger partial charge in [-0.2, -0.15) is 0 Å². The van der Waals surface area contributed by atoms with Crippen molar-refractivity contribution >= 4 is 39.8 Å². The molecule has 0 aromatic heterocycles. The summed E-state index contributed by atoms with van der Waals surface area (Å²) in [4.78, 5) is 9.04. The van der Waals surface area contributed by atoms with Gasteiger partial charge in [-0.15, -0.1) is 24.0 Å². The summed E-state index contributed by atoms with van der Waals surface area (Å²) in [6.07, 6.45) is 1.12. The van der Waals surface area contributed by atoms with Crippen LogP contribution < -0.4 is 5.32 Å². The molecule has 2 aliphatic heterocycles. The van der Waals surface area contributed by atoms with Gasteiger partial charge in [0.05, 0.1) is 24.7 Å². The van der Waals surface area contributed by atoms with Crippen LogP contribution in [0.3, 0.4) is 0 Å². The first kappa shape index (κ1) is 21.9. The molecule has 0 aromatic carbocycles. The van der Waals surface area contributed by atoms with Crippen LogP contribution in [0.2, 0.25) is 0 Å². The van der Waals surface area contributed by atoms with Crippen LogP contribution >= 0.6 is 24.0 Å². The van der Waals surface area contributed by atoms with E-state index >= 15 is 0 Å². The monoisotopic (exact) mass is 474 g/mol. The van der Waals surface area contributed by atoms with Crippen LogP contribution in [0.15, 0.2) is 4.99 Å². The Bertz CT molecular complexity index is 481. The van der Waals surface area contributed by atoms with Crippen LogP contribution in [0.25, 0.3) is 0 Å². The Morgan fingerprint density at radius 3 is 2.67 bits per heavy atom. The largest absolute Gasteiger partial charge is 0.381 e. The second kappa shape index (κ2) is 10.8. The molecule has 0 spiro atoms. The number of nitrogens with one attached hydrogen (secondary N) is 1. The summed E-state index contributed by atoms with van der Waals surface area (Å²) in [6, 6.07) is 0. The standard InChI is InChI=1S/C15H30N4O3S.HI/c1-3-16-15(18(2)12-14-4-9-22-13-14)17-5-6-19-7-10-23(20,21)11-8-19;/h14H,3-13H2,1-2H3,(H,16,17);1H. The van der Waals surface area contributed by atoms with E-state index in [-0.39, 0.29) is 35.5 Å². The van der Waals surface area contributed by atoms with Gasteiger partial charge in [0.15, 0.2) is 15.8 Å². The van der Waals surface area contributed by atoms with Crippen molar-refractivity contribution in [3.05, 3.63) is 0 Å². The number of rotatable bonds is 6. The van der Waals surface area contributed by atoms with Crippen molar-refractivity contribution in [2.45, 2.75) is 13.3 Å². The Labute approximate surface area is 163 Å². The van der Waals surface area contributed by atoms with Gasteiger partial charge in [0.25, 0.3) is 0 Å². The summed E-state index contributed by atoms with van der Waals surface area (Å²) < 4.78 is 28.3. The van der Waals surface area contributed by atoms with Gasteiger partial charge in [-0.1, -0.05) is 0 Å². The van der Waals surface area contributed by atoms with E-state index in [2.05, 4.69) is 34.1 Å². The fourth-order valence-electron chi connectivity index (χ4n) is 2.94. The average Bonchev–Trinajstić information content (AvgIpc) is 3.01. The summed E-state index contributed by atoms with van der Waals surface area (Å²) in [5, 5.41) is 3.33. The van der Waals surface area contributed by atoms with E-state index in [9.17, 15) is 8.42 Å². The third-order valence-corrected chi connectivity index (χ3v) is 5.98. The third-order valence-electron chi connectivity index (χ3n) is 4.37. The highest BCUT2D eigenvalue weighted by molar-refractivity contribution is 14.0. The molecule has 2 fully saturated rings. The second-order valence-electron chi connectivity index (χ2n) is 6.34. The summed E-state index contributed by atoms with van der Waals surface area (Å²) >= 11 is 0. The molecule has 0 radical (unpaired) electrons. The average molecular weight is 474 g/mol. The molecule has 1 unspecified atom stereocenters. The molecule has 2 rings (SSSR count). The van der Waals surface area contributed by atoms with Crippen molar-refractivity contribution in [3.8, 4) is 0 Å². The van der Waals surface area contributed by atoms with Gasteiger partial charge in [0.2, 0.25) is 0 Å². The van der Waals surface area contributed by atoms with Crippen LogP contribution in [-0.4, -0.2) is 95.2 Å². The van der Waals surface area contributed by atoms with E-state index in [1.54, 1.807) is 0 Å². The van der Waals surface area contributed by atoms with E-state index < -0.39 is 9.84 Å². The zero-order valence-electron chi connectivity index (χ0n) is 14.7. The quantitative estimate of drug-likeness (QED) is 0.339. The molecule has 7 nitrogen and oxygen atoms in total. The summed E-state index contributed by atoms with van der Waals surface area (Å²) in [6.45, 7) is 8.32. The van der Waals surface area contributed by atoms with Gasteiger partial charge in [0, 0.05) is 52.3 Å². The number of hydrogen-bond acceptors (Lipinski definition) is 5. The third kappa shape index (κ3) is 7.40. The number of hydrogen-bond donors (Lipinski definition) is 1. The number of halogens is 1. The van der Waals surface area contributed by atoms with Crippen LogP contribution in [0.1, 0.15) is 13.3 Å². The maximum Gasteiger partial charge on any atom is 0.193 e. The lowest BCUT2D eigenvalue weighted by Crippen LogP contribution is -2.43. The minimum Gasteiger partial charge on any atom is -0.381 e. The minimum atomic E-state index is -2.80. The van der Waals surface area contributed by atoms with Crippen molar-refractivity contribution in [2.75, 3.05) is 71.0 Å². The Balaban J connectivity index is 0.00000288. The number of aliphatic imine (C=N–C) groups is 1. The van der Waals surface area contributed by atoms with Crippen molar-refractivity contribution in [1.29, 1.82) is 0 Å². The Kier molecular flexibility index (Phi) is 9.83. The van der Waals surface area contributed by atoms with Crippen molar-refractivity contribution < 1.29 is 13.2 Å². The molecule has 1 N–H and O–H groups in total. The highest BCUT2D eigenvalue weighted by Gasteiger charge is 2.21. The highest BCUT2D eigenvalue weighted by atomic mass is 127. The lowest BCUT2D eigenvalue weighted by Gasteiger charge is -2.27. The fourth-order valence-corrected chi connectivity index (χ4v) is 4.22. The van der Waals surface area contributed by atoms with Crippen molar-refractivity contribution in [1.82, 2.24) is 15.1 Å². The Hall–Kier alpha value is -0.130. The molecule has 2 saturated heterocycles. The molecule has 142 valence electrons. The molecular weight excluding hydrogens is 443 g/mol. The Morgan fingerprint density at radius 2 is 2.08 bits per heavy atom. The van der Waals surface area contributed by atoms with E-state index in [0.717, 1.165) is 45.2 Å². The molecule has 1 atom stereocenters. The number of sulfone groups is 1. The lowest BCUT2D eigenvalue weighted by atomic mass is 10.1. The van der Waals surface area contributed by atoms with Gasteiger partial charge in [-0.3, -0.25) is 9.89 Å². The second-order valence-corrected chi connectivity index (χ2v) is 8.64. The molecule has 0 aliphatic carbocycles.